The summed E-state index contributed by atoms with van der Waals surface area (Å²) >= 11 is 0. The first-order chi connectivity index (χ1) is 19.8. The lowest BCUT2D eigenvalue weighted by atomic mass is 10.0. The first kappa shape index (κ1) is 22.4. The van der Waals surface area contributed by atoms with Crippen molar-refractivity contribution in [3.63, 3.8) is 0 Å². The largest absolute Gasteiger partial charge is 0.309 e. The predicted molar refractivity (Wildman–Crippen MR) is 167 cm³/mol. The number of nitrogens with zero attached hydrogens (tertiary/aromatic N) is 3. The molecule has 2 aromatic heterocycles. The van der Waals surface area contributed by atoms with Crippen LogP contribution in [0.2, 0.25) is 0 Å². The van der Waals surface area contributed by atoms with E-state index in [1.165, 1.54) is 49.3 Å². The van der Waals surface area contributed by atoms with Gasteiger partial charge in [-0.3, -0.25) is 0 Å². The van der Waals surface area contributed by atoms with Gasteiger partial charge in [0, 0.05) is 27.2 Å². The zero-order chi connectivity index (χ0) is 26.6. The second kappa shape index (κ2) is 8.73. The van der Waals surface area contributed by atoms with Crippen LogP contribution in [0.4, 0.5) is 5.69 Å². The lowest BCUT2D eigenvalue weighted by Crippen LogP contribution is -1.96. The van der Waals surface area contributed by atoms with Crippen molar-refractivity contribution in [2.24, 2.45) is 0 Å². The van der Waals surface area contributed by atoms with E-state index >= 15 is 0 Å². The fourth-order valence-corrected chi connectivity index (χ4v) is 6.20. The normalized spacial score (nSPS) is 11.5. The molecule has 8 rings (SSSR count). The Morgan fingerprint density at radius 2 is 1.02 bits per heavy atom. The molecule has 0 aliphatic heterocycles. The number of para-hydroxylation sites is 3. The minimum Gasteiger partial charge on any atom is -0.309 e. The van der Waals surface area contributed by atoms with E-state index in [1.54, 1.807) is 0 Å². The Labute approximate surface area is 231 Å². The van der Waals surface area contributed by atoms with E-state index in [0.717, 1.165) is 16.8 Å². The molecule has 0 saturated heterocycles. The van der Waals surface area contributed by atoms with E-state index in [0.29, 0.717) is 5.69 Å². The molecule has 3 nitrogen and oxygen atoms in total. The van der Waals surface area contributed by atoms with Crippen LogP contribution in [0.3, 0.4) is 0 Å². The van der Waals surface area contributed by atoms with Crippen molar-refractivity contribution in [3.05, 3.63) is 151 Å². The van der Waals surface area contributed by atoms with Crippen molar-refractivity contribution >= 4 is 49.3 Å². The van der Waals surface area contributed by atoms with Crippen LogP contribution in [0.1, 0.15) is 0 Å². The Kier molecular flexibility index (Phi) is 4.89. The zero-order valence-electron chi connectivity index (χ0n) is 21.6. The van der Waals surface area contributed by atoms with Gasteiger partial charge in [-0.2, -0.15) is 0 Å². The van der Waals surface area contributed by atoms with Crippen molar-refractivity contribution < 1.29 is 0 Å². The van der Waals surface area contributed by atoms with Gasteiger partial charge in [-0.15, -0.1) is 0 Å². The quantitative estimate of drug-likeness (QED) is 0.210. The lowest BCUT2D eigenvalue weighted by molar-refractivity contribution is 1.17. The first-order valence-corrected chi connectivity index (χ1v) is 13.4. The monoisotopic (exact) mass is 509 g/mol. The van der Waals surface area contributed by atoms with Gasteiger partial charge in [0.2, 0.25) is 0 Å². The molecule has 40 heavy (non-hydrogen) atoms. The van der Waals surface area contributed by atoms with Gasteiger partial charge in [0.25, 0.3) is 0 Å². The van der Waals surface area contributed by atoms with Crippen LogP contribution in [-0.2, 0) is 0 Å². The van der Waals surface area contributed by atoms with Crippen molar-refractivity contribution in [2.45, 2.75) is 0 Å². The zero-order valence-corrected chi connectivity index (χ0v) is 21.6. The Balaban J connectivity index is 1.43. The van der Waals surface area contributed by atoms with Crippen molar-refractivity contribution in [1.29, 1.82) is 0 Å². The standard InChI is InChI=1S/C37H23N3/c1-38-27-22-20-25(21-23-27)26-10-8-11-28(24-26)39-34-17-7-4-14-31(34)37-35(39)18-9-19-36(37)40-32-15-5-2-12-29(32)30-13-3-6-16-33(30)40/h2-24H. The molecule has 2 heterocycles. The number of benzene rings is 6. The number of hydrogen-bond acceptors (Lipinski definition) is 0. The van der Waals surface area contributed by atoms with Gasteiger partial charge in [0.1, 0.15) is 0 Å². The van der Waals surface area contributed by atoms with Crippen LogP contribution in [0.15, 0.2) is 140 Å². The minimum absolute atomic E-state index is 0.653. The Morgan fingerprint density at radius 1 is 0.450 bits per heavy atom. The smallest absolute Gasteiger partial charge is 0.187 e. The first-order valence-electron chi connectivity index (χ1n) is 13.4. The molecule has 0 saturated carbocycles. The molecule has 8 aromatic rings. The van der Waals surface area contributed by atoms with Crippen molar-refractivity contribution in [3.8, 4) is 22.5 Å². The Hall–Kier alpha value is -5.59. The van der Waals surface area contributed by atoms with Crippen molar-refractivity contribution in [2.75, 3.05) is 0 Å². The molecular formula is C37H23N3. The highest BCUT2D eigenvalue weighted by Crippen LogP contribution is 2.40. The summed E-state index contributed by atoms with van der Waals surface area (Å²) < 4.78 is 4.79. The highest BCUT2D eigenvalue weighted by molar-refractivity contribution is 6.16. The minimum atomic E-state index is 0.653. The summed E-state index contributed by atoms with van der Waals surface area (Å²) in [6.07, 6.45) is 0. The maximum absolute atomic E-state index is 7.28. The molecule has 0 N–H and O–H groups in total. The fourth-order valence-electron chi connectivity index (χ4n) is 6.20. The van der Waals surface area contributed by atoms with Gasteiger partial charge in [-0.05, 0) is 53.6 Å². The maximum Gasteiger partial charge on any atom is 0.187 e. The second-order valence-electron chi connectivity index (χ2n) is 10.1. The molecule has 0 radical (unpaired) electrons. The number of aromatic nitrogens is 2. The maximum atomic E-state index is 7.28. The molecule has 0 bridgehead atoms. The third kappa shape index (κ3) is 3.24. The predicted octanol–water partition coefficient (Wildman–Crippen LogP) is 10.1. The van der Waals surface area contributed by atoms with E-state index in [1.807, 2.05) is 24.3 Å². The van der Waals surface area contributed by atoms with Crippen molar-refractivity contribution in [1.82, 2.24) is 9.13 Å². The summed E-state index contributed by atoms with van der Waals surface area (Å²) in [5.41, 5.74) is 9.91. The van der Waals surface area contributed by atoms with Gasteiger partial charge in [-0.25, -0.2) is 4.85 Å². The Bertz CT molecular complexity index is 2220. The van der Waals surface area contributed by atoms with Gasteiger partial charge in [0.15, 0.2) is 5.69 Å². The molecule has 6 aromatic carbocycles. The molecular weight excluding hydrogens is 486 g/mol. The molecule has 0 amide bonds. The highest BCUT2D eigenvalue weighted by Gasteiger charge is 2.19. The molecule has 3 heteroatoms. The summed E-state index contributed by atoms with van der Waals surface area (Å²) in [5, 5.41) is 4.98. The number of rotatable bonds is 3. The summed E-state index contributed by atoms with van der Waals surface area (Å²) in [5.74, 6) is 0. The van der Waals surface area contributed by atoms with Crippen LogP contribution >= 0.6 is 0 Å². The summed E-state index contributed by atoms with van der Waals surface area (Å²) in [6.45, 7) is 7.28. The van der Waals surface area contributed by atoms with Gasteiger partial charge in [-0.1, -0.05) is 97.1 Å². The van der Waals surface area contributed by atoms with E-state index in [2.05, 4.69) is 129 Å². The highest BCUT2D eigenvalue weighted by atomic mass is 15.0. The van der Waals surface area contributed by atoms with Crippen LogP contribution in [0.25, 0.3) is 71.0 Å². The van der Waals surface area contributed by atoms with Gasteiger partial charge in [0.05, 0.1) is 34.3 Å². The molecule has 0 unspecified atom stereocenters. The van der Waals surface area contributed by atoms with E-state index in [-0.39, 0.29) is 0 Å². The topological polar surface area (TPSA) is 14.2 Å². The number of fused-ring (bicyclic) bond motifs is 6. The van der Waals surface area contributed by atoms with E-state index in [4.69, 9.17) is 6.57 Å². The van der Waals surface area contributed by atoms with Crippen LogP contribution in [0, 0.1) is 6.57 Å². The summed E-state index contributed by atoms with van der Waals surface area (Å²) in [4.78, 5) is 3.54. The van der Waals surface area contributed by atoms with Crippen LogP contribution < -0.4 is 0 Å². The third-order valence-electron chi connectivity index (χ3n) is 7.93. The van der Waals surface area contributed by atoms with E-state index in [9.17, 15) is 0 Å². The second-order valence-corrected chi connectivity index (χ2v) is 10.1. The molecule has 0 aliphatic rings. The van der Waals surface area contributed by atoms with E-state index < -0.39 is 0 Å². The Morgan fingerprint density at radius 3 is 1.70 bits per heavy atom. The fraction of sp³-hybridized carbons (Fsp3) is 0. The molecule has 0 fully saturated rings. The average Bonchev–Trinajstić information content (AvgIpc) is 3.54. The molecule has 0 atom stereocenters. The summed E-state index contributed by atoms with van der Waals surface area (Å²) in [6, 6.07) is 49.2. The van der Waals surface area contributed by atoms with Gasteiger partial charge < -0.3 is 9.13 Å². The SMILES string of the molecule is [C-]#[N+]c1ccc(-c2cccc(-n3c4ccccc4c4c(-n5c6ccccc6c6ccccc65)cccc43)c2)cc1. The van der Waals surface area contributed by atoms with Crippen LogP contribution in [0.5, 0.6) is 0 Å². The molecule has 0 spiro atoms. The number of hydrogen-bond donors (Lipinski definition) is 0. The molecule has 186 valence electrons. The summed E-state index contributed by atoms with van der Waals surface area (Å²) in [7, 11) is 0. The van der Waals surface area contributed by atoms with Crippen LogP contribution in [-0.4, -0.2) is 9.13 Å². The molecule has 0 aliphatic carbocycles. The lowest BCUT2D eigenvalue weighted by Gasteiger charge is -2.12. The van der Waals surface area contributed by atoms with Gasteiger partial charge >= 0.3 is 0 Å². The third-order valence-corrected chi connectivity index (χ3v) is 7.93. The average molecular weight is 510 g/mol.